The molecule has 4 nitrogen and oxygen atoms in total. The molecule has 146 valence electrons. The van der Waals surface area contributed by atoms with Crippen molar-refractivity contribution in [1.29, 1.82) is 0 Å². The number of hydrogen-bond donors (Lipinski definition) is 1. The van der Waals surface area contributed by atoms with Crippen LogP contribution in [0.15, 0.2) is 22.7 Å². The molecule has 0 aliphatic heterocycles. The normalized spacial score (nSPS) is 10.6. The monoisotopic (exact) mass is 473 g/mol. The Morgan fingerprint density at radius 1 is 1.11 bits per heavy atom. The first-order chi connectivity index (χ1) is 12.7. The Bertz CT molecular complexity index is 856. The Morgan fingerprint density at radius 2 is 1.81 bits per heavy atom. The maximum Gasteiger partial charge on any atom is 0.224 e. The van der Waals surface area contributed by atoms with Crippen molar-refractivity contribution in [2.24, 2.45) is 0 Å². The molecule has 0 aliphatic rings. The molecule has 0 saturated carbocycles. The first kappa shape index (κ1) is 21.9. The highest BCUT2D eigenvalue weighted by molar-refractivity contribution is 9.10. The lowest BCUT2D eigenvalue weighted by Gasteiger charge is -2.14. The first-order valence-electron chi connectivity index (χ1n) is 8.46. The second kappa shape index (κ2) is 9.67. The number of hydrogen-bond acceptors (Lipinski definition) is 3. The van der Waals surface area contributed by atoms with E-state index in [0.29, 0.717) is 35.9 Å². The van der Waals surface area contributed by atoms with Crippen molar-refractivity contribution < 1.29 is 14.3 Å². The van der Waals surface area contributed by atoms with Crippen molar-refractivity contribution >= 4 is 50.7 Å². The van der Waals surface area contributed by atoms with Gasteiger partial charge in [0.15, 0.2) is 0 Å². The van der Waals surface area contributed by atoms with Crippen LogP contribution < -0.4 is 14.8 Å². The third kappa shape index (κ3) is 5.53. The fourth-order valence-electron chi connectivity index (χ4n) is 2.56. The molecule has 0 atom stereocenters. The van der Waals surface area contributed by atoms with Gasteiger partial charge in [-0.25, -0.2) is 0 Å². The zero-order chi connectivity index (χ0) is 20.1. The largest absolute Gasteiger partial charge is 0.495 e. The van der Waals surface area contributed by atoms with E-state index in [-0.39, 0.29) is 5.91 Å². The summed E-state index contributed by atoms with van der Waals surface area (Å²) in [6.45, 7) is 6.16. The summed E-state index contributed by atoms with van der Waals surface area (Å²) < 4.78 is 11.9. The number of nitrogens with one attached hydrogen (secondary N) is 1. The number of methoxy groups -OCH3 is 1. The van der Waals surface area contributed by atoms with Gasteiger partial charge in [0.05, 0.1) is 23.9 Å². The van der Waals surface area contributed by atoms with E-state index in [9.17, 15) is 4.79 Å². The molecule has 0 heterocycles. The summed E-state index contributed by atoms with van der Waals surface area (Å²) >= 11 is 15.8. The van der Waals surface area contributed by atoms with E-state index in [1.54, 1.807) is 19.2 Å². The van der Waals surface area contributed by atoms with Gasteiger partial charge < -0.3 is 14.8 Å². The highest BCUT2D eigenvalue weighted by Crippen LogP contribution is 2.36. The summed E-state index contributed by atoms with van der Waals surface area (Å²) in [6, 6.07) is 5.38. The number of carbonyl (C=O) groups excluding carboxylic acids is 1. The smallest absolute Gasteiger partial charge is 0.224 e. The number of amides is 1. The van der Waals surface area contributed by atoms with E-state index in [2.05, 4.69) is 21.2 Å². The number of aryl methyl sites for hydroxylation is 2. The Morgan fingerprint density at radius 3 is 2.48 bits per heavy atom. The van der Waals surface area contributed by atoms with E-state index in [4.69, 9.17) is 32.7 Å². The molecule has 0 spiro atoms. The van der Waals surface area contributed by atoms with Crippen molar-refractivity contribution in [3.05, 3.63) is 49.4 Å². The predicted octanol–water partition coefficient (Wildman–Crippen LogP) is 6.49. The average molecular weight is 475 g/mol. The zero-order valence-corrected chi connectivity index (χ0v) is 18.8. The Hall–Kier alpha value is -1.43. The quantitative estimate of drug-likeness (QED) is 0.466. The van der Waals surface area contributed by atoms with Crippen molar-refractivity contribution in [3.8, 4) is 11.5 Å². The van der Waals surface area contributed by atoms with Gasteiger partial charge >= 0.3 is 0 Å². The predicted molar refractivity (Wildman–Crippen MR) is 115 cm³/mol. The Labute approximate surface area is 178 Å². The lowest BCUT2D eigenvalue weighted by molar-refractivity contribution is -0.116. The minimum Gasteiger partial charge on any atom is -0.495 e. The standard InChI is InChI=1S/C20H22BrCl2NO3/c1-11-8-15(16(26-4)10-14(11)22)24-18(25)6-5-7-27-17-9-12(2)20(23)13(3)19(17)21/h8-10H,5-7H2,1-4H3,(H,24,25). The fraction of sp³-hybridized carbons (Fsp3) is 0.350. The number of anilines is 1. The van der Waals surface area contributed by atoms with Crippen LogP contribution >= 0.6 is 39.1 Å². The van der Waals surface area contributed by atoms with Crippen LogP contribution in [0.25, 0.3) is 0 Å². The van der Waals surface area contributed by atoms with Gasteiger partial charge in [0.25, 0.3) is 0 Å². The van der Waals surface area contributed by atoms with Gasteiger partial charge in [-0.3, -0.25) is 4.79 Å². The molecular weight excluding hydrogens is 453 g/mol. The number of halogens is 3. The molecule has 0 radical (unpaired) electrons. The summed E-state index contributed by atoms with van der Waals surface area (Å²) in [5.74, 6) is 1.15. The van der Waals surface area contributed by atoms with Crippen molar-refractivity contribution in [2.75, 3.05) is 19.0 Å². The highest BCUT2D eigenvalue weighted by Gasteiger charge is 2.12. The molecule has 0 saturated heterocycles. The SMILES string of the molecule is COc1cc(Cl)c(C)cc1NC(=O)CCCOc1cc(C)c(Cl)c(C)c1Br. The Kier molecular flexibility index (Phi) is 7.83. The number of benzene rings is 2. The van der Waals surface area contributed by atoms with Gasteiger partial charge in [0.1, 0.15) is 11.5 Å². The van der Waals surface area contributed by atoms with E-state index >= 15 is 0 Å². The van der Waals surface area contributed by atoms with Crippen LogP contribution in [0, 0.1) is 20.8 Å². The van der Waals surface area contributed by atoms with Gasteiger partial charge in [0.2, 0.25) is 5.91 Å². The lowest BCUT2D eigenvalue weighted by atomic mass is 10.1. The summed E-state index contributed by atoms with van der Waals surface area (Å²) in [4.78, 5) is 12.2. The molecule has 0 bridgehead atoms. The van der Waals surface area contributed by atoms with Crippen LogP contribution in [0.4, 0.5) is 5.69 Å². The molecule has 7 heteroatoms. The van der Waals surface area contributed by atoms with Crippen LogP contribution in [-0.2, 0) is 4.79 Å². The average Bonchev–Trinajstić information content (AvgIpc) is 2.63. The summed E-state index contributed by atoms with van der Waals surface area (Å²) in [7, 11) is 1.54. The maximum absolute atomic E-state index is 12.2. The summed E-state index contributed by atoms with van der Waals surface area (Å²) in [5, 5.41) is 4.18. The van der Waals surface area contributed by atoms with E-state index in [1.165, 1.54) is 0 Å². The number of rotatable bonds is 7. The molecule has 2 rings (SSSR count). The molecule has 2 aromatic rings. The topological polar surface area (TPSA) is 47.6 Å². The van der Waals surface area contributed by atoms with E-state index in [1.807, 2.05) is 26.8 Å². The Balaban J connectivity index is 1.90. The third-order valence-electron chi connectivity index (χ3n) is 4.13. The first-order valence-corrected chi connectivity index (χ1v) is 10.0. The van der Waals surface area contributed by atoms with Gasteiger partial charge in [-0.1, -0.05) is 23.2 Å². The lowest BCUT2D eigenvalue weighted by Crippen LogP contribution is -2.14. The maximum atomic E-state index is 12.2. The number of ether oxygens (including phenoxy) is 2. The molecule has 1 N–H and O–H groups in total. The fourth-order valence-corrected chi connectivity index (χ4v) is 3.41. The summed E-state index contributed by atoms with van der Waals surface area (Å²) in [5.41, 5.74) is 3.37. The molecule has 27 heavy (non-hydrogen) atoms. The van der Waals surface area contributed by atoms with Crippen LogP contribution in [-0.4, -0.2) is 19.6 Å². The van der Waals surface area contributed by atoms with Crippen molar-refractivity contribution in [1.82, 2.24) is 0 Å². The van der Waals surface area contributed by atoms with Gasteiger partial charge in [-0.15, -0.1) is 0 Å². The molecule has 0 aromatic heterocycles. The minimum absolute atomic E-state index is 0.110. The zero-order valence-electron chi connectivity index (χ0n) is 15.7. The van der Waals surface area contributed by atoms with Gasteiger partial charge in [0, 0.05) is 22.5 Å². The van der Waals surface area contributed by atoms with Crippen LogP contribution in [0.5, 0.6) is 11.5 Å². The van der Waals surface area contributed by atoms with Crippen LogP contribution in [0.1, 0.15) is 29.5 Å². The van der Waals surface area contributed by atoms with E-state index in [0.717, 1.165) is 31.9 Å². The molecular formula is C20H22BrCl2NO3. The van der Waals surface area contributed by atoms with Crippen LogP contribution in [0.2, 0.25) is 10.0 Å². The van der Waals surface area contributed by atoms with Gasteiger partial charge in [-0.05, 0) is 71.9 Å². The van der Waals surface area contributed by atoms with Crippen molar-refractivity contribution in [2.45, 2.75) is 33.6 Å². The highest BCUT2D eigenvalue weighted by atomic mass is 79.9. The van der Waals surface area contributed by atoms with Crippen molar-refractivity contribution in [3.63, 3.8) is 0 Å². The molecule has 0 aliphatic carbocycles. The minimum atomic E-state index is -0.110. The molecule has 0 unspecified atom stereocenters. The second-order valence-corrected chi connectivity index (χ2v) is 7.82. The third-order valence-corrected chi connectivity index (χ3v) is 6.10. The summed E-state index contributed by atoms with van der Waals surface area (Å²) in [6.07, 6.45) is 0.905. The van der Waals surface area contributed by atoms with Gasteiger partial charge in [-0.2, -0.15) is 0 Å². The van der Waals surface area contributed by atoms with E-state index < -0.39 is 0 Å². The molecule has 1 amide bonds. The molecule has 0 fully saturated rings. The van der Waals surface area contributed by atoms with Crippen LogP contribution in [0.3, 0.4) is 0 Å². The molecule has 2 aromatic carbocycles. The second-order valence-electron chi connectivity index (χ2n) is 6.25. The number of carbonyl (C=O) groups is 1.